The molecule has 0 aliphatic heterocycles. The summed E-state index contributed by atoms with van der Waals surface area (Å²) in [5, 5.41) is 15.8. The lowest BCUT2D eigenvalue weighted by Gasteiger charge is -2.20. The van der Waals surface area contributed by atoms with Crippen LogP contribution in [0.4, 0.5) is 4.39 Å². The van der Waals surface area contributed by atoms with E-state index in [0.717, 1.165) is 35.5 Å². The Labute approximate surface area is 184 Å². The largest absolute Gasteiger partial charge is 0.490 e. The Morgan fingerprint density at radius 3 is 2.42 bits per heavy atom. The van der Waals surface area contributed by atoms with Gasteiger partial charge in [0.25, 0.3) is 0 Å². The number of aliphatic imine (C=N–C) groups is 1. The lowest BCUT2D eigenvalue weighted by atomic mass is 10.1. The van der Waals surface area contributed by atoms with E-state index in [1.165, 1.54) is 6.07 Å². The monoisotopic (exact) mass is 431 g/mol. The van der Waals surface area contributed by atoms with E-state index in [2.05, 4.69) is 29.5 Å². The second kappa shape index (κ2) is 12.8. The van der Waals surface area contributed by atoms with E-state index in [1.54, 1.807) is 19.2 Å². The molecule has 0 heterocycles. The van der Waals surface area contributed by atoms with Crippen molar-refractivity contribution in [1.82, 2.24) is 10.6 Å². The van der Waals surface area contributed by atoms with E-state index in [0.29, 0.717) is 25.7 Å². The Morgan fingerprint density at radius 1 is 1.06 bits per heavy atom. The number of halogens is 1. The maximum absolute atomic E-state index is 13.6. The van der Waals surface area contributed by atoms with Crippen LogP contribution in [0.15, 0.2) is 41.4 Å². The lowest BCUT2D eigenvalue weighted by Crippen LogP contribution is -2.38. The normalized spacial score (nSPS) is 12.4. The maximum Gasteiger partial charge on any atom is 0.191 e. The smallest absolute Gasteiger partial charge is 0.191 e. The van der Waals surface area contributed by atoms with Gasteiger partial charge >= 0.3 is 0 Å². The number of guanidine groups is 1. The summed E-state index contributed by atoms with van der Waals surface area (Å²) in [6.45, 7) is 7.58. The fraction of sp³-hybridized carbons (Fsp3) is 0.458. The van der Waals surface area contributed by atoms with E-state index in [9.17, 15) is 9.50 Å². The fourth-order valence-electron chi connectivity index (χ4n) is 2.98. The predicted molar refractivity (Wildman–Crippen MR) is 122 cm³/mol. The Balaban J connectivity index is 2.04. The van der Waals surface area contributed by atoms with E-state index in [-0.39, 0.29) is 18.2 Å². The van der Waals surface area contributed by atoms with E-state index in [1.807, 2.05) is 25.1 Å². The van der Waals surface area contributed by atoms with Gasteiger partial charge in [-0.15, -0.1) is 0 Å². The molecule has 3 N–H and O–H groups in total. The molecular formula is C24H34FN3O3. The van der Waals surface area contributed by atoms with Crippen molar-refractivity contribution in [1.29, 1.82) is 0 Å². The van der Waals surface area contributed by atoms with Crippen molar-refractivity contribution in [2.24, 2.45) is 4.99 Å². The standard InChI is InChI=1S/C24H34FN3O3/c1-5-11-30-22-10-8-19(14-23(22)31-12-6-2)17(3)28-24(26-4)27-15-18-7-9-21(25)20(13-18)16-29/h7-10,13-14,17,29H,5-6,11-12,15-16H2,1-4H3,(H2,26,27,28). The first-order chi connectivity index (χ1) is 15.0. The highest BCUT2D eigenvalue weighted by atomic mass is 19.1. The second-order valence-corrected chi connectivity index (χ2v) is 7.28. The molecule has 0 aromatic heterocycles. The van der Waals surface area contributed by atoms with Crippen molar-refractivity contribution in [2.45, 2.75) is 52.8 Å². The summed E-state index contributed by atoms with van der Waals surface area (Å²) in [7, 11) is 1.70. The molecule has 0 amide bonds. The van der Waals surface area contributed by atoms with Crippen LogP contribution in [0, 0.1) is 5.82 Å². The van der Waals surface area contributed by atoms with E-state index >= 15 is 0 Å². The van der Waals surface area contributed by atoms with Crippen molar-refractivity contribution in [2.75, 3.05) is 20.3 Å². The summed E-state index contributed by atoms with van der Waals surface area (Å²) in [5.74, 6) is 1.71. The molecule has 170 valence electrons. The minimum absolute atomic E-state index is 0.0309. The average Bonchev–Trinajstić information content (AvgIpc) is 2.79. The van der Waals surface area contributed by atoms with Crippen LogP contribution in [0.5, 0.6) is 11.5 Å². The zero-order chi connectivity index (χ0) is 22.6. The number of nitrogens with one attached hydrogen (secondary N) is 2. The van der Waals surface area contributed by atoms with Gasteiger partial charge in [0.05, 0.1) is 25.9 Å². The van der Waals surface area contributed by atoms with Gasteiger partial charge in [-0.05, 0) is 55.2 Å². The van der Waals surface area contributed by atoms with Crippen LogP contribution < -0.4 is 20.1 Å². The van der Waals surface area contributed by atoms with Gasteiger partial charge in [-0.3, -0.25) is 4.99 Å². The summed E-state index contributed by atoms with van der Waals surface area (Å²) in [4.78, 5) is 4.27. The van der Waals surface area contributed by atoms with Gasteiger partial charge in [-0.1, -0.05) is 26.0 Å². The third-order valence-electron chi connectivity index (χ3n) is 4.71. The fourth-order valence-corrected chi connectivity index (χ4v) is 2.98. The Bertz CT molecular complexity index is 858. The zero-order valence-electron chi connectivity index (χ0n) is 18.9. The quantitative estimate of drug-likeness (QED) is 0.365. The molecule has 6 nitrogen and oxygen atoms in total. The maximum atomic E-state index is 13.6. The molecule has 0 aliphatic carbocycles. The number of aliphatic hydroxyl groups excluding tert-OH is 1. The third kappa shape index (κ3) is 7.43. The van der Waals surface area contributed by atoms with Gasteiger partial charge in [-0.2, -0.15) is 0 Å². The second-order valence-electron chi connectivity index (χ2n) is 7.28. The first kappa shape index (κ1) is 24.5. The highest BCUT2D eigenvalue weighted by Crippen LogP contribution is 2.31. The van der Waals surface area contributed by atoms with Crippen LogP contribution in [-0.4, -0.2) is 31.3 Å². The van der Waals surface area contributed by atoms with Crippen molar-refractivity contribution in [3.05, 3.63) is 58.9 Å². The van der Waals surface area contributed by atoms with Gasteiger partial charge in [0, 0.05) is 19.2 Å². The Hall–Kier alpha value is -2.80. The Kier molecular flexibility index (Phi) is 10.1. The molecule has 0 fully saturated rings. The molecule has 1 atom stereocenters. The number of benzene rings is 2. The number of nitrogens with zero attached hydrogens (tertiary/aromatic N) is 1. The number of ether oxygens (including phenoxy) is 2. The molecule has 2 rings (SSSR count). The molecule has 0 bridgehead atoms. The van der Waals surface area contributed by atoms with Crippen LogP contribution in [0.2, 0.25) is 0 Å². The van der Waals surface area contributed by atoms with Gasteiger partial charge < -0.3 is 25.2 Å². The molecule has 0 radical (unpaired) electrons. The highest BCUT2D eigenvalue weighted by Gasteiger charge is 2.13. The minimum Gasteiger partial charge on any atom is -0.490 e. The van der Waals surface area contributed by atoms with Gasteiger partial charge in [0.2, 0.25) is 0 Å². The highest BCUT2D eigenvalue weighted by molar-refractivity contribution is 5.80. The summed E-state index contributed by atoms with van der Waals surface area (Å²) >= 11 is 0. The van der Waals surface area contributed by atoms with Crippen LogP contribution in [0.1, 0.15) is 56.3 Å². The van der Waals surface area contributed by atoms with Crippen molar-refractivity contribution < 1.29 is 19.0 Å². The third-order valence-corrected chi connectivity index (χ3v) is 4.71. The molecule has 2 aromatic rings. The molecule has 2 aromatic carbocycles. The molecule has 0 spiro atoms. The molecule has 0 saturated heterocycles. The predicted octanol–water partition coefficient (Wildman–Crippen LogP) is 4.32. The van der Waals surface area contributed by atoms with Crippen molar-refractivity contribution >= 4 is 5.96 Å². The van der Waals surface area contributed by atoms with Gasteiger partial charge in [0.1, 0.15) is 5.82 Å². The average molecular weight is 432 g/mol. The molecule has 1 unspecified atom stereocenters. The summed E-state index contributed by atoms with van der Waals surface area (Å²) < 4.78 is 25.3. The summed E-state index contributed by atoms with van der Waals surface area (Å²) in [5.41, 5.74) is 2.18. The molecule has 7 heteroatoms. The summed E-state index contributed by atoms with van der Waals surface area (Å²) in [6, 6.07) is 10.6. The van der Waals surface area contributed by atoms with Crippen molar-refractivity contribution in [3.63, 3.8) is 0 Å². The molecular weight excluding hydrogens is 397 g/mol. The lowest BCUT2D eigenvalue weighted by molar-refractivity contribution is 0.268. The molecule has 0 saturated carbocycles. The number of rotatable bonds is 11. The van der Waals surface area contributed by atoms with Crippen LogP contribution in [-0.2, 0) is 13.2 Å². The van der Waals surface area contributed by atoms with E-state index in [4.69, 9.17) is 9.47 Å². The first-order valence-electron chi connectivity index (χ1n) is 10.8. The number of hydrogen-bond donors (Lipinski definition) is 3. The van der Waals surface area contributed by atoms with Crippen LogP contribution in [0.3, 0.4) is 0 Å². The SMILES string of the molecule is CCCOc1ccc(C(C)NC(=NC)NCc2ccc(F)c(CO)c2)cc1OCCC. The zero-order valence-corrected chi connectivity index (χ0v) is 18.9. The summed E-state index contributed by atoms with van der Waals surface area (Å²) in [6.07, 6.45) is 1.85. The van der Waals surface area contributed by atoms with Gasteiger partial charge in [-0.25, -0.2) is 4.39 Å². The Morgan fingerprint density at radius 2 is 1.77 bits per heavy atom. The van der Waals surface area contributed by atoms with Gasteiger partial charge in [0.15, 0.2) is 17.5 Å². The minimum atomic E-state index is -0.408. The molecule has 0 aliphatic rings. The van der Waals surface area contributed by atoms with Crippen LogP contribution >= 0.6 is 0 Å². The number of aliphatic hydroxyl groups is 1. The van der Waals surface area contributed by atoms with Crippen LogP contribution in [0.25, 0.3) is 0 Å². The molecule has 31 heavy (non-hydrogen) atoms. The van der Waals surface area contributed by atoms with E-state index < -0.39 is 5.82 Å². The van der Waals surface area contributed by atoms with Crippen molar-refractivity contribution in [3.8, 4) is 11.5 Å². The first-order valence-corrected chi connectivity index (χ1v) is 10.8. The topological polar surface area (TPSA) is 75.1 Å². The number of hydrogen-bond acceptors (Lipinski definition) is 4.